The van der Waals surface area contributed by atoms with Crippen LogP contribution in [0.5, 0.6) is 0 Å². The average molecular weight is 294 g/mol. The number of rotatable bonds is 7. The van der Waals surface area contributed by atoms with Crippen LogP contribution >= 0.6 is 0 Å². The number of aliphatic hydroxyl groups excluding tert-OH is 1. The summed E-state index contributed by atoms with van der Waals surface area (Å²) in [6.07, 6.45) is -0.730. The summed E-state index contributed by atoms with van der Waals surface area (Å²) in [5.41, 5.74) is 0.557. The van der Waals surface area contributed by atoms with E-state index < -0.39 is 12.1 Å². The van der Waals surface area contributed by atoms with Gasteiger partial charge in [-0.15, -0.1) is 0 Å². The molecule has 0 spiro atoms. The van der Waals surface area contributed by atoms with Gasteiger partial charge in [0.15, 0.2) is 5.78 Å². The number of aromatic carboxylic acids is 1. The molecule has 5 nitrogen and oxygen atoms in total. The maximum atomic E-state index is 11.9. The predicted octanol–water partition coefficient (Wildman–Crippen LogP) is 2.06. The lowest BCUT2D eigenvalue weighted by atomic mass is 10.0. The maximum Gasteiger partial charge on any atom is 0.335 e. The number of hydrogen-bond donors (Lipinski definition) is 2. The Kier molecular flexibility index (Phi) is 6.05. The van der Waals surface area contributed by atoms with Crippen LogP contribution in [0.1, 0.15) is 43.1 Å². The van der Waals surface area contributed by atoms with Crippen LogP contribution in [0.4, 0.5) is 0 Å². The average Bonchev–Trinajstić information content (AvgIpc) is 2.37. The number of carbonyl (C=O) groups is 2. The van der Waals surface area contributed by atoms with Crippen molar-refractivity contribution >= 4 is 11.8 Å². The quantitative estimate of drug-likeness (QED) is 0.804. The molecule has 0 heterocycles. The lowest BCUT2D eigenvalue weighted by Gasteiger charge is -2.20. The summed E-state index contributed by atoms with van der Waals surface area (Å²) in [6.45, 7) is 6.04. The van der Waals surface area contributed by atoms with Gasteiger partial charge in [-0.3, -0.25) is 4.79 Å². The van der Waals surface area contributed by atoms with Crippen molar-refractivity contribution in [1.82, 2.24) is 0 Å². The number of aliphatic hydroxyl groups is 1. The lowest BCUT2D eigenvalue weighted by Crippen LogP contribution is -2.27. The summed E-state index contributed by atoms with van der Waals surface area (Å²) < 4.78 is 5.46. The molecule has 0 aliphatic rings. The molecule has 0 aliphatic heterocycles. The zero-order valence-electron chi connectivity index (χ0n) is 12.6. The maximum absolute atomic E-state index is 11.9. The van der Waals surface area contributed by atoms with E-state index in [2.05, 4.69) is 0 Å². The Hall–Kier alpha value is -1.72. The van der Waals surface area contributed by atoms with Gasteiger partial charge in [0.25, 0.3) is 0 Å². The van der Waals surface area contributed by atoms with Crippen LogP contribution in [-0.4, -0.2) is 40.3 Å². The molecule has 0 saturated carbocycles. The van der Waals surface area contributed by atoms with E-state index in [1.807, 2.05) is 20.8 Å². The SMILES string of the molecule is CC(C)(C)OCC[C@@H](O)C(=O)Cc1ccc(C(=O)O)cc1. The van der Waals surface area contributed by atoms with Crippen LogP contribution in [0.2, 0.25) is 0 Å². The fraction of sp³-hybridized carbons (Fsp3) is 0.500. The van der Waals surface area contributed by atoms with E-state index in [0.29, 0.717) is 12.2 Å². The third-order valence-electron chi connectivity index (χ3n) is 2.88. The molecule has 1 aromatic rings. The number of carboxylic acids is 1. The minimum Gasteiger partial charge on any atom is -0.478 e. The first-order valence-electron chi connectivity index (χ1n) is 6.86. The van der Waals surface area contributed by atoms with E-state index in [1.54, 1.807) is 12.1 Å². The smallest absolute Gasteiger partial charge is 0.335 e. The fourth-order valence-electron chi connectivity index (χ4n) is 1.72. The molecule has 0 radical (unpaired) electrons. The van der Waals surface area contributed by atoms with Gasteiger partial charge in [-0.1, -0.05) is 12.1 Å². The zero-order chi connectivity index (χ0) is 16.0. The summed E-state index contributed by atoms with van der Waals surface area (Å²) in [4.78, 5) is 22.6. The number of ether oxygens (including phenoxy) is 1. The molecule has 0 aliphatic carbocycles. The highest BCUT2D eigenvalue weighted by atomic mass is 16.5. The molecule has 21 heavy (non-hydrogen) atoms. The van der Waals surface area contributed by atoms with Crippen molar-refractivity contribution in [2.45, 2.75) is 45.3 Å². The largest absolute Gasteiger partial charge is 0.478 e. The van der Waals surface area contributed by atoms with Crippen LogP contribution in [-0.2, 0) is 16.0 Å². The second-order valence-corrected chi connectivity index (χ2v) is 5.91. The molecule has 0 unspecified atom stereocenters. The third kappa shape index (κ3) is 6.51. The van der Waals surface area contributed by atoms with E-state index in [9.17, 15) is 14.7 Å². The van der Waals surface area contributed by atoms with Gasteiger partial charge in [0, 0.05) is 12.8 Å². The van der Waals surface area contributed by atoms with Gasteiger partial charge < -0.3 is 14.9 Å². The monoisotopic (exact) mass is 294 g/mol. The zero-order valence-corrected chi connectivity index (χ0v) is 12.6. The first-order chi connectivity index (χ1) is 9.69. The normalized spacial score (nSPS) is 13.0. The minimum atomic E-state index is -1.06. The molecule has 2 N–H and O–H groups in total. The predicted molar refractivity (Wildman–Crippen MR) is 78.4 cm³/mol. The second-order valence-electron chi connectivity index (χ2n) is 5.91. The van der Waals surface area contributed by atoms with Crippen molar-refractivity contribution in [2.24, 2.45) is 0 Å². The third-order valence-corrected chi connectivity index (χ3v) is 2.88. The molecule has 1 atom stereocenters. The van der Waals surface area contributed by atoms with Crippen molar-refractivity contribution in [1.29, 1.82) is 0 Å². The number of hydrogen-bond acceptors (Lipinski definition) is 4. The Labute approximate surface area is 124 Å². The van der Waals surface area contributed by atoms with E-state index in [4.69, 9.17) is 9.84 Å². The summed E-state index contributed by atoms with van der Waals surface area (Å²) in [5, 5.41) is 18.6. The molecular formula is C16H22O5. The number of Topliss-reactive ketones (excluding diaryl/α,β-unsaturated/α-hetero) is 1. The van der Waals surface area contributed by atoms with Crippen molar-refractivity contribution in [3.63, 3.8) is 0 Å². The van der Waals surface area contributed by atoms with Crippen LogP contribution in [0.15, 0.2) is 24.3 Å². The Morgan fingerprint density at radius 1 is 1.19 bits per heavy atom. The number of carboxylic acid groups (broad SMARTS) is 1. The van der Waals surface area contributed by atoms with Gasteiger partial charge in [0.1, 0.15) is 6.10 Å². The van der Waals surface area contributed by atoms with Crippen molar-refractivity contribution in [3.8, 4) is 0 Å². The summed E-state index contributed by atoms with van der Waals surface area (Å²) in [5.74, 6) is -1.30. The molecule has 0 aromatic heterocycles. The van der Waals surface area contributed by atoms with Crippen molar-refractivity contribution in [3.05, 3.63) is 35.4 Å². The fourth-order valence-corrected chi connectivity index (χ4v) is 1.72. The minimum absolute atomic E-state index is 0.0799. The molecule has 0 amide bonds. The number of carbonyl (C=O) groups excluding carboxylic acids is 1. The molecule has 0 saturated heterocycles. The van der Waals surface area contributed by atoms with E-state index in [-0.39, 0.29) is 29.8 Å². The standard InChI is InChI=1S/C16H22O5/c1-16(2,3)21-9-8-13(17)14(18)10-11-4-6-12(7-5-11)15(19)20/h4-7,13,17H,8-10H2,1-3H3,(H,19,20)/t13-/m1/s1. The first kappa shape index (κ1) is 17.3. The van der Waals surface area contributed by atoms with Crippen LogP contribution in [0.3, 0.4) is 0 Å². The lowest BCUT2D eigenvalue weighted by molar-refractivity contribution is -0.128. The second kappa shape index (κ2) is 7.33. The molecule has 5 heteroatoms. The van der Waals surface area contributed by atoms with E-state index in [0.717, 1.165) is 0 Å². The van der Waals surface area contributed by atoms with Crippen LogP contribution < -0.4 is 0 Å². The van der Waals surface area contributed by atoms with Crippen molar-refractivity contribution < 1.29 is 24.5 Å². The number of benzene rings is 1. The molecule has 116 valence electrons. The summed E-state index contributed by atoms with van der Waals surface area (Å²) >= 11 is 0. The Morgan fingerprint density at radius 3 is 2.24 bits per heavy atom. The highest BCUT2D eigenvalue weighted by Gasteiger charge is 2.17. The van der Waals surface area contributed by atoms with Crippen LogP contribution in [0, 0.1) is 0 Å². The Balaban J connectivity index is 2.46. The van der Waals surface area contributed by atoms with Gasteiger partial charge >= 0.3 is 5.97 Å². The summed E-state index contributed by atoms with van der Waals surface area (Å²) in [7, 11) is 0. The Morgan fingerprint density at radius 2 is 1.76 bits per heavy atom. The summed E-state index contributed by atoms with van der Waals surface area (Å²) in [6, 6.07) is 6.06. The molecule has 0 bridgehead atoms. The van der Waals surface area contributed by atoms with E-state index >= 15 is 0 Å². The molecule has 0 fully saturated rings. The van der Waals surface area contributed by atoms with Gasteiger partial charge in [0.05, 0.1) is 17.8 Å². The highest BCUT2D eigenvalue weighted by molar-refractivity contribution is 5.88. The van der Waals surface area contributed by atoms with Gasteiger partial charge in [-0.25, -0.2) is 4.79 Å². The van der Waals surface area contributed by atoms with Gasteiger partial charge in [-0.05, 0) is 38.5 Å². The Bertz CT molecular complexity index is 484. The van der Waals surface area contributed by atoms with Gasteiger partial charge in [-0.2, -0.15) is 0 Å². The van der Waals surface area contributed by atoms with Crippen LogP contribution in [0.25, 0.3) is 0 Å². The molecule has 1 rings (SSSR count). The topological polar surface area (TPSA) is 83.8 Å². The van der Waals surface area contributed by atoms with Crippen molar-refractivity contribution in [2.75, 3.05) is 6.61 Å². The van der Waals surface area contributed by atoms with Gasteiger partial charge in [0.2, 0.25) is 0 Å². The molecular weight excluding hydrogens is 272 g/mol. The highest BCUT2D eigenvalue weighted by Crippen LogP contribution is 2.10. The van der Waals surface area contributed by atoms with E-state index in [1.165, 1.54) is 12.1 Å². The molecule has 1 aromatic carbocycles. The first-order valence-corrected chi connectivity index (χ1v) is 6.86. The number of ketones is 1.